The lowest BCUT2D eigenvalue weighted by molar-refractivity contribution is -0.140. The van der Waals surface area contributed by atoms with Crippen LogP contribution in [0.15, 0.2) is 10.5 Å². The van der Waals surface area contributed by atoms with Crippen molar-refractivity contribution in [3.63, 3.8) is 0 Å². The van der Waals surface area contributed by atoms with Crippen LogP contribution in [0.1, 0.15) is 17.7 Å². The molecule has 0 bridgehead atoms. The molecule has 0 saturated heterocycles. The van der Waals surface area contributed by atoms with Crippen LogP contribution < -0.4 is 0 Å². The van der Waals surface area contributed by atoms with Crippen molar-refractivity contribution in [2.75, 3.05) is 0 Å². The Hall–Kier alpha value is 0.01000. The molecule has 0 aliphatic rings. The first-order valence-electron chi connectivity index (χ1n) is 3.44. The fourth-order valence-electron chi connectivity index (χ4n) is 0.873. The van der Waals surface area contributed by atoms with Crippen LogP contribution in [0.3, 0.4) is 0 Å². The summed E-state index contributed by atoms with van der Waals surface area (Å²) in [4.78, 5) is 3.21. The lowest BCUT2D eigenvalue weighted by Crippen LogP contribution is -2.12. The molecule has 0 radical (unpaired) electrons. The molecule has 0 atom stereocenters. The molecule has 0 N–H and O–H groups in total. The van der Waals surface area contributed by atoms with Gasteiger partial charge < -0.3 is 0 Å². The quantitative estimate of drug-likeness (QED) is 0.386. The van der Waals surface area contributed by atoms with Crippen LogP contribution in [0.25, 0.3) is 0 Å². The third kappa shape index (κ3) is 2.99. The second-order valence-electron chi connectivity index (χ2n) is 2.49. The van der Waals surface area contributed by atoms with E-state index in [0.717, 1.165) is 0 Å². The SMILES string of the molecule is FC(F)c1nc(I)c(Br)cc1C(F)(F)F. The van der Waals surface area contributed by atoms with Gasteiger partial charge in [-0.15, -0.1) is 0 Å². The molecule has 84 valence electrons. The van der Waals surface area contributed by atoms with Gasteiger partial charge in [0, 0.05) is 0 Å². The summed E-state index contributed by atoms with van der Waals surface area (Å²) in [5, 5.41) is 0. The standard InChI is InChI=1S/C7H2BrF5IN/c8-3-1-2(7(11,12)13)4(5(9)10)15-6(3)14/h1,5H. The van der Waals surface area contributed by atoms with Crippen molar-refractivity contribution in [3.8, 4) is 0 Å². The Morgan fingerprint density at radius 2 is 1.87 bits per heavy atom. The molecular weight excluding hydrogens is 400 g/mol. The van der Waals surface area contributed by atoms with Gasteiger partial charge in [0.2, 0.25) is 0 Å². The summed E-state index contributed by atoms with van der Waals surface area (Å²) in [5.74, 6) is 0. The molecule has 0 unspecified atom stereocenters. The molecular formula is C7H2BrF5IN. The van der Waals surface area contributed by atoms with Gasteiger partial charge in [0.1, 0.15) is 9.39 Å². The fourth-order valence-corrected chi connectivity index (χ4v) is 1.61. The van der Waals surface area contributed by atoms with E-state index in [9.17, 15) is 22.0 Å². The van der Waals surface area contributed by atoms with E-state index in [4.69, 9.17) is 0 Å². The van der Waals surface area contributed by atoms with Gasteiger partial charge in [-0.2, -0.15) is 13.2 Å². The maximum atomic E-state index is 12.3. The Balaban J connectivity index is 3.42. The van der Waals surface area contributed by atoms with E-state index < -0.39 is 23.9 Å². The number of nitrogens with zero attached hydrogens (tertiary/aromatic N) is 1. The largest absolute Gasteiger partial charge is 0.418 e. The van der Waals surface area contributed by atoms with E-state index in [-0.39, 0.29) is 8.17 Å². The van der Waals surface area contributed by atoms with Crippen LogP contribution in [-0.2, 0) is 6.18 Å². The van der Waals surface area contributed by atoms with Crippen LogP contribution in [-0.4, -0.2) is 4.98 Å². The van der Waals surface area contributed by atoms with E-state index in [1.807, 2.05) is 0 Å². The third-order valence-electron chi connectivity index (χ3n) is 1.47. The predicted octanol–water partition coefficient (Wildman–Crippen LogP) is 4.41. The number of alkyl halides is 5. The van der Waals surface area contributed by atoms with E-state index in [0.29, 0.717) is 6.07 Å². The Labute approximate surface area is 103 Å². The van der Waals surface area contributed by atoms with Gasteiger partial charge in [-0.25, -0.2) is 13.8 Å². The summed E-state index contributed by atoms with van der Waals surface area (Å²) in [6, 6.07) is 0.607. The summed E-state index contributed by atoms with van der Waals surface area (Å²) in [7, 11) is 0. The van der Waals surface area contributed by atoms with Crippen molar-refractivity contribution in [2.45, 2.75) is 12.6 Å². The normalized spacial score (nSPS) is 12.3. The maximum Gasteiger partial charge on any atom is 0.418 e. The average Bonchev–Trinajstić information content (AvgIpc) is 2.06. The highest BCUT2D eigenvalue weighted by Gasteiger charge is 2.37. The maximum absolute atomic E-state index is 12.3. The van der Waals surface area contributed by atoms with Crippen molar-refractivity contribution < 1.29 is 22.0 Å². The average molecular weight is 402 g/mol. The summed E-state index contributed by atoms with van der Waals surface area (Å²) < 4.78 is 61.7. The Kier molecular flexibility index (Phi) is 3.90. The lowest BCUT2D eigenvalue weighted by Gasteiger charge is -2.12. The van der Waals surface area contributed by atoms with Crippen molar-refractivity contribution >= 4 is 38.5 Å². The first kappa shape index (κ1) is 13.1. The van der Waals surface area contributed by atoms with Gasteiger partial charge >= 0.3 is 6.18 Å². The van der Waals surface area contributed by atoms with Gasteiger partial charge in [0.05, 0.1) is 10.0 Å². The number of halogens is 7. The van der Waals surface area contributed by atoms with Gasteiger partial charge in [-0.1, -0.05) is 0 Å². The molecule has 0 aliphatic carbocycles. The van der Waals surface area contributed by atoms with E-state index in [2.05, 4.69) is 20.9 Å². The first-order valence-corrected chi connectivity index (χ1v) is 5.32. The summed E-state index contributed by atoms with van der Waals surface area (Å²) in [6.07, 6.45) is -8.07. The van der Waals surface area contributed by atoms with Crippen LogP contribution in [0.5, 0.6) is 0 Å². The summed E-state index contributed by atoms with van der Waals surface area (Å²) in [6.45, 7) is 0. The topological polar surface area (TPSA) is 12.9 Å². The number of hydrogen-bond acceptors (Lipinski definition) is 1. The highest BCUT2D eigenvalue weighted by molar-refractivity contribution is 14.1. The minimum absolute atomic E-state index is 0.0415. The molecule has 8 heteroatoms. The van der Waals surface area contributed by atoms with Gasteiger partial charge in [0.15, 0.2) is 0 Å². The van der Waals surface area contributed by atoms with Crippen molar-refractivity contribution in [1.82, 2.24) is 4.98 Å². The van der Waals surface area contributed by atoms with Gasteiger partial charge in [-0.3, -0.25) is 0 Å². The van der Waals surface area contributed by atoms with E-state index in [1.165, 1.54) is 0 Å². The van der Waals surface area contributed by atoms with Crippen LogP contribution in [0, 0.1) is 3.70 Å². The Morgan fingerprint density at radius 3 is 2.27 bits per heavy atom. The summed E-state index contributed by atoms with van der Waals surface area (Å²) in [5.41, 5.74) is -2.65. The molecule has 1 rings (SSSR count). The molecule has 1 aromatic heterocycles. The molecule has 0 aromatic carbocycles. The monoisotopic (exact) mass is 401 g/mol. The van der Waals surface area contributed by atoms with Crippen molar-refractivity contribution in [2.24, 2.45) is 0 Å². The minimum Gasteiger partial charge on any atom is -0.239 e. The molecule has 0 fully saturated rings. The molecule has 15 heavy (non-hydrogen) atoms. The third-order valence-corrected chi connectivity index (χ3v) is 3.64. The van der Waals surface area contributed by atoms with E-state index >= 15 is 0 Å². The molecule has 1 aromatic rings. The zero-order chi connectivity index (χ0) is 11.8. The molecule has 0 aliphatic heterocycles. The lowest BCUT2D eigenvalue weighted by atomic mass is 10.2. The van der Waals surface area contributed by atoms with Crippen molar-refractivity contribution in [3.05, 3.63) is 25.5 Å². The second kappa shape index (κ2) is 4.48. The molecule has 0 spiro atoms. The predicted molar refractivity (Wildman–Crippen MR) is 54.6 cm³/mol. The smallest absolute Gasteiger partial charge is 0.239 e. The Bertz CT molecular complexity index is 378. The van der Waals surface area contributed by atoms with Gasteiger partial charge in [-0.05, 0) is 44.6 Å². The number of rotatable bonds is 1. The van der Waals surface area contributed by atoms with Crippen LogP contribution >= 0.6 is 38.5 Å². The second-order valence-corrected chi connectivity index (χ2v) is 4.37. The highest BCUT2D eigenvalue weighted by atomic mass is 127. The fraction of sp³-hybridized carbons (Fsp3) is 0.286. The minimum atomic E-state index is -4.83. The summed E-state index contributed by atoms with van der Waals surface area (Å²) >= 11 is 4.38. The highest BCUT2D eigenvalue weighted by Crippen LogP contribution is 2.37. The zero-order valence-electron chi connectivity index (χ0n) is 6.75. The number of aromatic nitrogens is 1. The Morgan fingerprint density at radius 1 is 1.33 bits per heavy atom. The van der Waals surface area contributed by atoms with Crippen LogP contribution in [0.4, 0.5) is 22.0 Å². The first-order chi connectivity index (χ1) is 6.73. The number of pyridine rings is 1. The van der Waals surface area contributed by atoms with Crippen LogP contribution in [0.2, 0.25) is 0 Å². The van der Waals surface area contributed by atoms with Crippen molar-refractivity contribution in [1.29, 1.82) is 0 Å². The molecule has 0 amide bonds. The zero-order valence-corrected chi connectivity index (χ0v) is 10.5. The molecule has 1 heterocycles. The number of hydrogen-bond donors (Lipinski definition) is 0. The molecule has 0 saturated carbocycles. The van der Waals surface area contributed by atoms with Gasteiger partial charge in [0.25, 0.3) is 6.43 Å². The molecule has 1 nitrogen and oxygen atoms in total. The van der Waals surface area contributed by atoms with E-state index in [1.54, 1.807) is 22.6 Å².